The number of aryl methyl sites for hydroxylation is 1. The van der Waals surface area contributed by atoms with Gasteiger partial charge >= 0.3 is 0 Å². The Morgan fingerprint density at radius 2 is 2.43 bits per heavy atom. The van der Waals surface area contributed by atoms with Crippen molar-refractivity contribution in [3.63, 3.8) is 0 Å². The van der Waals surface area contributed by atoms with E-state index < -0.39 is 0 Å². The number of aromatic nitrogens is 2. The van der Waals surface area contributed by atoms with Crippen LogP contribution in [0.3, 0.4) is 0 Å². The Labute approximate surface area is 89.4 Å². The van der Waals surface area contributed by atoms with Crippen LogP contribution in [0, 0.1) is 18.3 Å². The summed E-state index contributed by atoms with van der Waals surface area (Å²) in [5.74, 6) is 2.35. The Bertz CT molecular complexity index is 325. The molecule has 0 N–H and O–H groups in total. The van der Waals surface area contributed by atoms with Gasteiger partial charge in [0.25, 0.3) is 5.82 Å². The van der Waals surface area contributed by atoms with Gasteiger partial charge in [-0.2, -0.15) is 17.0 Å². The Morgan fingerprint density at radius 1 is 1.64 bits per heavy atom. The highest BCUT2D eigenvalue weighted by molar-refractivity contribution is 7.98. The molecule has 0 fully saturated rings. The predicted octanol–water partition coefficient (Wildman–Crippen LogP) is 1.36. The maximum Gasteiger partial charge on any atom is 0.254 e. The van der Waals surface area contributed by atoms with Gasteiger partial charge in [-0.25, -0.2) is 9.13 Å². The predicted molar refractivity (Wildman–Crippen MR) is 58.0 cm³/mol. The number of nitriles is 1. The third kappa shape index (κ3) is 2.78. The molecule has 0 atom stereocenters. The molecule has 0 aromatic carbocycles. The van der Waals surface area contributed by atoms with Gasteiger partial charge in [0.1, 0.15) is 18.5 Å². The zero-order valence-electron chi connectivity index (χ0n) is 8.73. The molecule has 0 aliphatic heterocycles. The first kappa shape index (κ1) is 11.1. The van der Waals surface area contributed by atoms with Crippen LogP contribution < -0.4 is 4.57 Å². The van der Waals surface area contributed by atoms with E-state index in [1.54, 1.807) is 0 Å². The molecule has 1 aromatic heterocycles. The lowest BCUT2D eigenvalue weighted by atomic mass is 10.4. The summed E-state index contributed by atoms with van der Waals surface area (Å²) in [7, 11) is 0. The van der Waals surface area contributed by atoms with Gasteiger partial charge in [0.15, 0.2) is 6.54 Å². The molecular weight excluding hydrogens is 194 g/mol. The van der Waals surface area contributed by atoms with Crippen molar-refractivity contribution in [1.29, 1.82) is 5.26 Å². The molecule has 3 nitrogen and oxygen atoms in total. The fourth-order valence-corrected chi connectivity index (χ4v) is 1.82. The van der Waals surface area contributed by atoms with Gasteiger partial charge < -0.3 is 0 Å². The third-order valence-electron chi connectivity index (χ3n) is 2.25. The molecule has 1 rings (SSSR count). The standard InChI is InChI=1S/C10H16N3S/c1-10-12(5-3-9-14-2)7-8-13(10)6-4-11/h7-8H,3,5-6,9H2,1-2H3/q+1. The highest BCUT2D eigenvalue weighted by Gasteiger charge is 2.10. The summed E-state index contributed by atoms with van der Waals surface area (Å²) in [5, 5.41) is 8.58. The number of rotatable bonds is 5. The Hall–Kier alpha value is -0.950. The molecule has 0 radical (unpaired) electrons. The van der Waals surface area contributed by atoms with Gasteiger partial charge in [-0.15, -0.1) is 0 Å². The van der Waals surface area contributed by atoms with Crippen molar-refractivity contribution in [2.45, 2.75) is 26.4 Å². The quantitative estimate of drug-likeness (QED) is 0.543. The lowest BCUT2D eigenvalue weighted by molar-refractivity contribution is -0.702. The summed E-state index contributed by atoms with van der Waals surface area (Å²) in [6.07, 6.45) is 7.33. The Kier molecular flexibility index (Phi) is 4.54. The van der Waals surface area contributed by atoms with Crippen molar-refractivity contribution in [2.24, 2.45) is 0 Å². The van der Waals surface area contributed by atoms with Gasteiger partial charge in [0.2, 0.25) is 0 Å². The average molecular weight is 210 g/mol. The van der Waals surface area contributed by atoms with Gasteiger partial charge in [0.05, 0.1) is 6.54 Å². The molecule has 0 saturated carbocycles. The minimum Gasteiger partial charge on any atom is -0.234 e. The minimum atomic E-state index is 0.446. The third-order valence-corrected chi connectivity index (χ3v) is 2.94. The first-order chi connectivity index (χ1) is 6.79. The molecule has 76 valence electrons. The molecule has 1 aromatic rings. The van der Waals surface area contributed by atoms with Gasteiger partial charge in [0, 0.05) is 6.92 Å². The summed E-state index contributed by atoms with van der Waals surface area (Å²) >= 11 is 1.87. The van der Waals surface area contributed by atoms with Crippen LogP contribution in [0.2, 0.25) is 0 Å². The second-order valence-corrected chi connectivity index (χ2v) is 4.16. The van der Waals surface area contributed by atoms with Gasteiger partial charge in [-0.1, -0.05) is 0 Å². The molecule has 0 bridgehead atoms. The summed E-state index contributed by atoms with van der Waals surface area (Å²) in [6, 6.07) is 2.15. The zero-order valence-corrected chi connectivity index (χ0v) is 9.55. The van der Waals surface area contributed by atoms with Crippen molar-refractivity contribution in [3.8, 4) is 6.07 Å². The molecular formula is C10H16N3S+. The van der Waals surface area contributed by atoms with Crippen molar-refractivity contribution in [1.82, 2.24) is 4.57 Å². The number of thioether (sulfide) groups is 1. The highest BCUT2D eigenvalue weighted by atomic mass is 32.2. The Morgan fingerprint density at radius 3 is 3.07 bits per heavy atom. The van der Waals surface area contributed by atoms with E-state index in [9.17, 15) is 0 Å². The van der Waals surface area contributed by atoms with Gasteiger partial charge in [-0.05, 0) is 18.4 Å². The minimum absolute atomic E-state index is 0.446. The fourth-order valence-electron chi connectivity index (χ4n) is 1.40. The van der Waals surface area contributed by atoms with Crippen molar-refractivity contribution in [2.75, 3.05) is 12.0 Å². The fraction of sp³-hybridized carbons (Fsp3) is 0.600. The molecule has 14 heavy (non-hydrogen) atoms. The number of hydrogen-bond acceptors (Lipinski definition) is 2. The lowest BCUT2D eigenvalue weighted by Crippen LogP contribution is -2.35. The second-order valence-electron chi connectivity index (χ2n) is 3.17. The molecule has 0 aliphatic rings. The summed E-state index contributed by atoms with van der Waals surface area (Å²) < 4.78 is 4.17. The molecule has 0 unspecified atom stereocenters. The van der Waals surface area contributed by atoms with Crippen LogP contribution in [-0.2, 0) is 13.1 Å². The van der Waals surface area contributed by atoms with Crippen molar-refractivity contribution in [3.05, 3.63) is 18.2 Å². The molecule has 0 saturated heterocycles. The first-order valence-electron chi connectivity index (χ1n) is 4.70. The number of nitrogens with zero attached hydrogens (tertiary/aromatic N) is 3. The van der Waals surface area contributed by atoms with Crippen LogP contribution in [0.25, 0.3) is 0 Å². The lowest BCUT2D eigenvalue weighted by Gasteiger charge is -1.98. The molecule has 0 spiro atoms. The van der Waals surface area contributed by atoms with Crippen LogP contribution in [0.5, 0.6) is 0 Å². The topological polar surface area (TPSA) is 32.6 Å². The summed E-state index contributed by atoms with van der Waals surface area (Å²) in [6.45, 7) is 3.54. The van der Waals surface area contributed by atoms with E-state index in [2.05, 4.69) is 23.8 Å². The van der Waals surface area contributed by atoms with E-state index in [0.717, 1.165) is 12.4 Å². The summed E-state index contributed by atoms with van der Waals surface area (Å²) in [4.78, 5) is 0. The van der Waals surface area contributed by atoms with Crippen LogP contribution >= 0.6 is 11.8 Å². The van der Waals surface area contributed by atoms with Crippen LogP contribution in [0.15, 0.2) is 12.4 Å². The van der Waals surface area contributed by atoms with Crippen molar-refractivity contribution >= 4 is 11.8 Å². The normalized spacial score (nSPS) is 10.1. The second kappa shape index (κ2) is 5.71. The van der Waals surface area contributed by atoms with Crippen molar-refractivity contribution < 1.29 is 4.57 Å². The summed E-state index contributed by atoms with van der Waals surface area (Å²) in [5.41, 5.74) is 0. The molecule has 4 heteroatoms. The maximum absolute atomic E-state index is 8.58. The van der Waals surface area contributed by atoms with Crippen LogP contribution in [0.1, 0.15) is 12.2 Å². The SMILES string of the molecule is CSCCC[n+]1ccn(CC#N)c1C. The maximum atomic E-state index is 8.58. The van der Waals surface area contributed by atoms with E-state index in [-0.39, 0.29) is 0 Å². The largest absolute Gasteiger partial charge is 0.254 e. The first-order valence-corrected chi connectivity index (χ1v) is 6.10. The van der Waals surface area contributed by atoms with Crippen LogP contribution in [-0.4, -0.2) is 16.6 Å². The molecule has 1 heterocycles. The number of hydrogen-bond donors (Lipinski definition) is 0. The van der Waals surface area contributed by atoms with E-state index in [4.69, 9.17) is 5.26 Å². The zero-order chi connectivity index (χ0) is 10.4. The van der Waals surface area contributed by atoms with E-state index in [1.807, 2.05) is 28.7 Å². The van der Waals surface area contributed by atoms with E-state index in [0.29, 0.717) is 6.54 Å². The average Bonchev–Trinajstić information content (AvgIpc) is 2.51. The Balaban J connectivity index is 2.56. The smallest absolute Gasteiger partial charge is 0.234 e. The van der Waals surface area contributed by atoms with Gasteiger partial charge in [-0.3, -0.25) is 0 Å². The molecule has 0 aliphatic carbocycles. The number of imidazole rings is 1. The van der Waals surface area contributed by atoms with E-state index >= 15 is 0 Å². The monoisotopic (exact) mass is 210 g/mol. The van der Waals surface area contributed by atoms with Crippen LogP contribution in [0.4, 0.5) is 0 Å². The highest BCUT2D eigenvalue weighted by Crippen LogP contribution is 1.97. The van der Waals surface area contributed by atoms with E-state index in [1.165, 1.54) is 12.2 Å². The molecule has 0 amide bonds.